The van der Waals surface area contributed by atoms with Crippen molar-refractivity contribution in [1.82, 2.24) is 0 Å². The molecule has 3 N–H and O–H groups in total. The molecule has 3 nitrogen and oxygen atoms in total. The molecule has 0 saturated heterocycles. The van der Waals surface area contributed by atoms with Crippen molar-refractivity contribution in [1.29, 1.82) is 5.41 Å². The number of anilines is 1. The van der Waals surface area contributed by atoms with E-state index in [1.54, 1.807) is 13.0 Å². The van der Waals surface area contributed by atoms with Crippen LogP contribution in [0.2, 0.25) is 0 Å². The van der Waals surface area contributed by atoms with Crippen LogP contribution >= 0.6 is 0 Å². The molecule has 0 unspecified atom stereocenters. The van der Waals surface area contributed by atoms with Crippen LogP contribution in [0.1, 0.15) is 37.8 Å². The maximum absolute atomic E-state index is 13.5. The number of benzene rings is 1. The van der Waals surface area contributed by atoms with Gasteiger partial charge in [-0.15, -0.1) is 13.2 Å². The van der Waals surface area contributed by atoms with Gasteiger partial charge in [0.1, 0.15) is 5.82 Å². The molecule has 0 radical (unpaired) electrons. The van der Waals surface area contributed by atoms with Gasteiger partial charge >= 0.3 is 0 Å². The Morgan fingerprint density at radius 1 is 1.35 bits per heavy atom. The van der Waals surface area contributed by atoms with Gasteiger partial charge in [-0.1, -0.05) is 13.8 Å². The molecule has 0 aromatic heterocycles. The van der Waals surface area contributed by atoms with Gasteiger partial charge in [0.25, 0.3) is 0 Å². The number of rotatable bonds is 6. The summed E-state index contributed by atoms with van der Waals surface area (Å²) in [7, 11) is 0. The van der Waals surface area contributed by atoms with Gasteiger partial charge in [-0.3, -0.25) is 0 Å². The Balaban J connectivity index is 0.00000172. The minimum Gasteiger partial charge on any atom is -0.388 e. The fourth-order valence-corrected chi connectivity index (χ4v) is 1.74. The van der Waals surface area contributed by atoms with E-state index in [4.69, 9.17) is 5.41 Å². The van der Waals surface area contributed by atoms with Gasteiger partial charge in [0.2, 0.25) is 0 Å². The predicted molar refractivity (Wildman–Crippen MR) is 84.3 cm³/mol. The summed E-state index contributed by atoms with van der Waals surface area (Å²) in [6.45, 7) is 11.8. The number of halogens is 1. The zero-order valence-corrected chi connectivity index (χ0v) is 12.6. The molecule has 0 saturated carbocycles. The van der Waals surface area contributed by atoms with Crippen LogP contribution in [0.15, 0.2) is 25.3 Å². The molecule has 1 aromatic rings. The monoisotopic (exact) mass is 280 g/mol. The quantitative estimate of drug-likeness (QED) is 0.547. The topological polar surface area (TPSA) is 56.1 Å². The second-order valence-corrected chi connectivity index (χ2v) is 4.62. The third-order valence-electron chi connectivity index (χ3n) is 3.41. The van der Waals surface area contributed by atoms with E-state index in [1.165, 1.54) is 12.3 Å². The largest absolute Gasteiger partial charge is 0.388 e. The number of hydrogen-bond acceptors (Lipinski definition) is 3. The van der Waals surface area contributed by atoms with Gasteiger partial charge < -0.3 is 15.8 Å². The Labute approximate surface area is 121 Å². The van der Waals surface area contributed by atoms with Crippen molar-refractivity contribution in [3.8, 4) is 0 Å². The van der Waals surface area contributed by atoms with E-state index in [9.17, 15) is 9.50 Å². The zero-order valence-electron chi connectivity index (χ0n) is 12.6. The number of aliphatic hydroxyl groups is 1. The number of hydrogen-bond donors (Lipinski definition) is 3. The molecule has 20 heavy (non-hydrogen) atoms. The van der Waals surface area contributed by atoms with E-state index in [-0.39, 0.29) is 5.82 Å². The Morgan fingerprint density at radius 2 is 1.90 bits per heavy atom. The van der Waals surface area contributed by atoms with Crippen LogP contribution in [0.3, 0.4) is 0 Å². The lowest BCUT2D eigenvalue weighted by molar-refractivity contribution is 0.0457. The third kappa shape index (κ3) is 4.78. The molecule has 0 fully saturated rings. The normalized spacial score (nSPS) is 10.4. The summed E-state index contributed by atoms with van der Waals surface area (Å²) in [6.07, 6.45) is 2.45. The summed E-state index contributed by atoms with van der Waals surface area (Å²) in [5.41, 5.74) is 0.901. The molecule has 1 aromatic carbocycles. The molecule has 0 spiro atoms. The van der Waals surface area contributed by atoms with E-state index in [1.807, 2.05) is 13.8 Å². The van der Waals surface area contributed by atoms with Crippen LogP contribution in [0, 0.1) is 18.2 Å². The first kappa shape index (κ1) is 18.3. The fraction of sp³-hybridized carbons (Fsp3) is 0.438. The molecule has 4 heteroatoms. The van der Waals surface area contributed by atoms with Crippen molar-refractivity contribution in [2.24, 2.45) is 0 Å². The summed E-state index contributed by atoms with van der Waals surface area (Å²) < 4.78 is 13.5. The molecule has 0 atom stereocenters. The first-order chi connectivity index (χ1) is 9.45. The molecule has 112 valence electrons. The lowest BCUT2D eigenvalue weighted by Crippen LogP contribution is -2.35. The molecule has 0 bridgehead atoms. The van der Waals surface area contributed by atoms with E-state index in [0.717, 1.165) is 0 Å². The maximum atomic E-state index is 13.5. The van der Waals surface area contributed by atoms with Crippen LogP contribution in [-0.4, -0.2) is 23.5 Å². The van der Waals surface area contributed by atoms with E-state index in [0.29, 0.717) is 36.2 Å². The van der Waals surface area contributed by atoms with Crippen molar-refractivity contribution in [2.75, 3.05) is 11.9 Å². The van der Waals surface area contributed by atoms with Crippen LogP contribution in [0.4, 0.5) is 10.1 Å². The highest BCUT2D eigenvalue weighted by Gasteiger charge is 2.22. The van der Waals surface area contributed by atoms with Crippen LogP contribution in [0.5, 0.6) is 0 Å². The lowest BCUT2D eigenvalue weighted by Gasteiger charge is -2.26. The molecule has 0 heterocycles. The zero-order chi connectivity index (χ0) is 15.8. The molecular formula is C16H25FN2O. The van der Waals surface area contributed by atoms with Crippen molar-refractivity contribution < 1.29 is 9.50 Å². The van der Waals surface area contributed by atoms with Crippen LogP contribution in [-0.2, 0) is 0 Å². The van der Waals surface area contributed by atoms with Crippen molar-refractivity contribution >= 4 is 11.9 Å². The van der Waals surface area contributed by atoms with Crippen molar-refractivity contribution in [3.63, 3.8) is 0 Å². The van der Waals surface area contributed by atoms with Crippen LogP contribution in [0.25, 0.3) is 0 Å². The average molecular weight is 280 g/mol. The highest BCUT2D eigenvalue weighted by atomic mass is 19.1. The smallest absolute Gasteiger partial charge is 0.128 e. The van der Waals surface area contributed by atoms with Gasteiger partial charge in [-0.05, 0) is 37.5 Å². The highest BCUT2D eigenvalue weighted by molar-refractivity contribution is 5.86. The van der Waals surface area contributed by atoms with E-state index in [2.05, 4.69) is 18.5 Å². The minimum atomic E-state index is -0.791. The Kier molecular flexibility index (Phi) is 7.77. The van der Waals surface area contributed by atoms with Gasteiger partial charge in [0.05, 0.1) is 5.60 Å². The third-order valence-corrected chi connectivity index (χ3v) is 3.41. The first-order valence-corrected chi connectivity index (χ1v) is 6.72. The highest BCUT2D eigenvalue weighted by Crippen LogP contribution is 2.21. The minimum absolute atomic E-state index is 0.306. The van der Waals surface area contributed by atoms with Crippen LogP contribution < -0.4 is 5.32 Å². The second kappa shape index (κ2) is 8.48. The predicted octanol–water partition coefficient (Wildman–Crippen LogP) is 3.90. The SMILES string of the molecule is C=C.CCC(O)(CC)CNc1cc(F)c(C)cc1C=N. The van der Waals surface area contributed by atoms with Crippen molar-refractivity contribution in [3.05, 3.63) is 42.2 Å². The van der Waals surface area contributed by atoms with Gasteiger partial charge in [-0.25, -0.2) is 4.39 Å². The van der Waals surface area contributed by atoms with E-state index >= 15 is 0 Å². The van der Waals surface area contributed by atoms with Gasteiger partial charge in [0.15, 0.2) is 0 Å². The molecular weight excluding hydrogens is 255 g/mol. The molecule has 0 aliphatic heterocycles. The summed E-state index contributed by atoms with van der Waals surface area (Å²) in [5.74, 6) is -0.306. The first-order valence-electron chi connectivity index (χ1n) is 6.72. The Bertz CT molecular complexity index is 442. The summed E-state index contributed by atoms with van der Waals surface area (Å²) >= 11 is 0. The molecule has 0 aliphatic carbocycles. The maximum Gasteiger partial charge on any atom is 0.128 e. The Hall–Kier alpha value is -1.68. The number of aryl methyl sites for hydroxylation is 1. The lowest BCUT2D eigenvalue weighted by atomic mass is 9.97. The summed E-state index contributed by atoms with van der Waals surface area (Å²) in [4.78, 5) is 0. The summed E-state index contributed by atoms with van der Waals surface area (Å²) in [6, 6.07) is 3.00. The fourth-order valence-electron chi connectivity index (χ4n) is 1.74. The Morgan fingerprint density at radius 3 is 2.35 bits per heavy atom. The number of nitrogens with one attached hydrogen (secondary N) is 2. The van der Waals surface area contributed by atoms with E-state index < -0.39 is 5.60 Å². The second-order valence-electron chi connectivity index (χ2n) is 4.62. The molecule has 0 amide bonds. The summed E-state index contributed by atoms with van der Waals surface area (Å²) in [5, 5.41) is 20.5. The van der Waals surface area contributed by atoms with Gasteiger partial charge in [-0.2, -0.15) is 0 Å². The standard InChI is InChI=1S/C14H21FN2O.C2H4/c1-4-14(18,5-2)9-17-13-7-12(15)10(3)6-11(13)8-16;1-2/h6-8,16-18H,4-5,9H2,1-3H3;1-2H2. The van der Waals surface area contributed by atoms with Crippen molar-refractivity contribution in [2.45, 2.75) is 39.2 Å². The molecule has 1 rings (SSSR count). The average Bonchev–Trinajstić information content (AvgIpc) is 2.49. The van der Waals surface area contributed by atoms with Gasteiger partial charge in [0, 0.05) is 24.0 Å². The molecule has 0 aliphatic rings.